The number of nitrogens with one attached hydrogen (secondary N) is 1. The summed E-state index contributed by atoms with van der Waals surface area (Å²) in [5, 5.41) is 4.16. The van der Waals surface area contributed by atoms with Crippen LogP contribution in [-0.2, 0) is 4.79 Å². The van der Waals surface area contributed by atoms with Crippen molar-refractivity contribution in [3.05, 3.63) is 57.0 Å². The normalized spacial score (nSPS) is 14.3. The van der Waals surface area contributed by atoms with E-state index in [9.17, 15) is 9.59 Å². The lowest BCUT2D eigenvalue weighted by Crippen LogP contribution is -2.50. The molecule has 3 rings (SSSR count). The summed E-state index contributed by atoms with van der Waals surface area (Å²) in [6.07, 6.45) is 0. The predicted molar refractivity (Wildman–Crippen MR) is 119 cm³/mol. The Morgan fingerprint density at radius 2 is 1.55 bits per heavy atom. The molecule has 0 radical (unpaired) electrons. The third-order valence-corrected chi connectivity index (χ3v) is 5.59. The molecule has 1 N–H and O–H groups in total. The van der Waals surface area contributed by atoms with Crippen LogP contribution in [0.5, 0.6) is 0 Å². The average Bonchev–Trinajstić information content (AvgIpc) is 2.67. The SMILES string of the molecule is CC(C)C(=O)N1CCN(c2ccc(Cl)cc2NC(=O)c2ccc(Cl)cc2Cl)CC1. The molecular weight excluding hydrogens is 433 g/mol. The topological polar surface area (TPSA) is 52.7 Å². The molecule has 0 aromatic heterocycles. The molecular formula is C21H22Cl3N3O2. The molecule has 0 unspecified atom stereocenters. The summed E-state index contributed by atoms with van der Waals surface area (Å²) in [5.74, 6) is -0.202. The Morgan fingerprint density at radius 1 is 0.931 bits per heavy atom. The van der Waals surface area contributed by atoms with Crippen LogP contribution in [0.3, 0.4) is 0 Å². The van der Waals surface area contributed by atoms with E-state index in [1.807, 2.05) is 24.8 Å². The number of carbonyl (C=O) groups is 2. The van der Waals surface area contributed by atoms with Crippen molar-refractivity contribution in [1.29, 1.82) is 0 Å². The largest absolute Gasteiger partial charge is 0.366 e. The minimum atomic E-state index is -0.344. The molecule has 1 saturated heterocycles. The van der Waals surface area contributed by atoms with Gasteiger partial charge in [-0.3, -0.25) is 9.59 Å². The van der Waals surface area contributed by atoms with Gasteiger partial charge in [0.25, 0.3) is 5.91 Å². The lowest BCUT2D eigenvalue weighted by Gasteiger charge is -2.37. The lowest BCUT2D eigenvalue weighted by atomic mass is 10.1. The van der Waals surface area contributed by atoms with E-state index in [1.54, 1.807) is 24.3 Å². The van der Waals surface area contributed by atoms with Gasteiger partial charge in [-0.15, -0.1) is 0 Å². The molecule has 0 spiro atoms. The van der Waals surface area contributed by atoms with E-state index < -0.39 is 0 Å². The fourth-order valence-corrected chi connectivity index (χ4v) is 3.95. The predicted octanol–water partition coefficient (Wildman–Crippen LogP) is 5.20. The summed E-state index contributed by atoms with van der Waals surface area (Å²) in [4.78, 5) is 29.0. The Bertz CT molecular complexity index is 925. The second kappa shape index (κ2) is 9.24. The van der Waals surface area contributed by atoms with Gasteiger partial charge in [-0.05, 0) is 36.4 Å². The second-order valence-corrected chi connectivity index (χ2v) is 8.49. The monoisotopic (exact) mass is 453 g/mol. The van der Waals surface area contributed by atoms with Crippen molar-refractivity contribution in [2.24, 2.45) is 5.92 Å². The highest BCUT2D eigenvalue weighted by Gasteiger charge is 2.24. The lowest BCUT2D eigenvalue weighted by molar-refractivity contribution is -0.134. The molecule has 5 nitrogen and oxygen atoms in total. The van der Waals surface area contributed by atoms with E-state index in [2.05, 4.69) is 10.2 Å². The molecule has 1 fully saturated rings. The number of piperazine rings is 1. The van der Waals surface area contributed by atoms with Gasteiger partial charge in [0.05, 0.1) is 22.0 Å². The Kier molecular flexibility index (Phi) is 6.93. The zero-order chi connectivity index (χ0) is 21.1. The Morgan fingerprint density at radius 3 is 2.17 bits per heavy atom. The molecule has 154 valence electrons. The molecule has 0 atom stereocenters. The van der Waals surface area contributed by atoms with Gasteiger partial charge in [-0.1, -0.05) is 48.7 Å². The van der Waals surface area contributed by atoms with Crippen molar-refractivity contribution < 1.29 is 9.59 Å². The summed E-state index contributed by atoms with van der Waals surface area (Å²) in [5.41, 5.74) is 1.77. The zero-order valence-corrected chi connectivity index (χ0v) is 18.5. The van der Waals surface area contributed by atoms with Crippen LogP contribution >= 0.6 is 34.8 Å². The first-order valence-corrected chi connectivity index (χ1v) is 10.5. The fraction of sp³-hybridized carbons (Fsp3) is 0.333. The van der Waals surface area contributed by atoms with E-state index >= 15 is 0 Å². The fourth-order valence-electron chi connectivity index (χ4n) is 3.28. The van der Waals surface area contributed by atoms with Crippen LogP contribution in [0.4, 0.5) is 11.4 Å². The van der Waals surface area contributed by atoms with Gasteiger partial charge in [-0.25, -0.2) is 0 Å². The first-order chi connectivity index (χ1) is 13.8. The summed E-state index contributed by atoms with van der Waals surface area (Å²) >= 11 is 18.2. The Balaban J connectivity index is 1.78. The molecule has 29 heavy (non-hydrogen) atoms. The van der Waals surface area contributed by atoms with E-state index in [-0.39, 0.29) is 22.8 Å². The number of anilines is 2. The van der Waals surface area contributed by atoms with Gasteiger partial charge in [-0.2, -0.15) is 0 Å². The third kappa shape index (κ3) is 5.16. The summed E-state index contributed by atoms with van der Waals surface area (Å²) in [7, 11) is 0. The van der Waals surface area contributed by atoms with E-state index in [0.29, 0.717) is 47.5 Å². The molecule has 2 aromatic carbocycles. The van der Waals surface area contributed by atoms with E-state index in [0.717, 1.165) is 5.69 Å². The number of amides is 2. The quantitative estimate of drug-likeness (QED) is 0.690. The molecule has 2 aromatic rings. The Hall–Kier alpha value is -1.95. The molecule has 1 aliphatic rings. The van der Waals surface area contributed by atoms with Crippen molar-refractivity contribution >= 4 is 58.0 Å². The maximum atomic E-state index is 12.8. The first kappa shape index (κ1) is 21.8. The van der Waals surface area contributed by atoms with Crippen LogP contribution < -0.4 is 10.2 Å². The molecule has 8 heteroatoms. The summed E-state index contributed by atoms with van der Waals surface area (Å²) in [6.45, 7) is 6.42. The highest BCUT2D eigenvalue weighted by Crippen LogP contribution is 2.31. The number of halogens is 3. The zero-order valence-electron chi connectivity index (χ0n) is 16.2. The molecule has 2 amide bonds. The minimum absolute atomic E-state index is 0.0175. The van der Waals surface area contributed by atoms with E-state index in [1.165, 1.54) is 6.07 Å². The highest BCUT2D eigenvalue weighted by atomic mass is 35.5. The average molecular weight is 455 g/mol. The molecule has 0 aliphatic carbocycles. The van der Waals surface area contributed by atoms with Gasteiger partial charge in [0.15, 0.2) is 0 Å². The van der Waals surface area contributed by atoms with Crippen LogP contribution in [-0.4, -0.2) is 42.9 Å². The number of benzene rings is 2. The van der Waals surface area contributed by atoms with Gasteiger partial charge in [0.2, 0.25) is 5.91 Å². The van der Waals surface area contributed by atoms with Crippen LogP contribution in [0.25, 0.3) is 0 Å². The number of hydrogen-bond donors (Lipinski definition) is 1. The summed E-state index contributed by atoms with van der Waals surface area (Å²) < 4.78 is 0. The van der Waals surface area contributed by atoms with Crippen molar-refractivity contribution in [2.75, 3.05) is 36.4 Å². The van der Waals surface area contributed by atoms with Gasteiger partial charge < -0.3 is 15.1 Å². The molecule has 1 aliphatic heterocycles. The van der Waals surface area contributed by atoms with E-state index in [4.69, 9.17) is 34.8 Å². The van der Waals surface area contributed by atoms with Gasteiger partial charge >= 0.3 is 0 Å². The second-order valence-electron chi connectivity index (χ2n) is 7.21. The van der Waals surface area contributed by atoms with Crippen LogP contribution in [0.1, 0.15) is 24.2 Å². The van der Waals surface area contributed by atoms with Crippen molar-refractivity contribution in [3.8, 4) is 0 Å². The number of rotatable bonds is 4. The van der Waals surface area contributed by atoms with Crippen molar-refractivity contribution in [1.82, 2.24) is 4.90 Å². The third-order valence-electron chi connectivity index (χ3n) is 4.81. The van der Waals surface area contributed by atoms with Gasteiger partial charge in [0.1, 0.15) is 0 Å². The van der Waals surface area contributed by atoms with Crippen LogP contribution in [0.2, 0.25) is 15.1 Å². The minimum Gasteiger partial charge on any atom is -0.366 e. The Labute approximate surface area is 185 Å². The smallest absolute Gasteiger partial charge is 0.257 e. The van der Waals surface area contributed by atoms with Crippen LogP contribution in [0.15, 0.2) is 36.4 Å². The molecule has 1 heterocycles. The number of hydrogen-bond acceptors (Lipinski definition) is 3. The summed E-state index contributed by atoms with van der Waals surface area (Å²) in [6, 6.07) is 10.1. The maximum Gasteiger partial charge on any atom is 0.257 e. The molecule has 0 bridgehead atoms. The number of nitrogens with zero attached hydrogens (tertiary/aromatic N) is 2. The first-order valence-electron chi connectivity index (χ1n) is 9.36. The van der Waals surface area contributed by atoms with Crippen LogP contribution in [0, 0.1) is 5.92 Å². The van der Waals surface area contributed by atoms with Crippen molar-refractivity contribution in [3.63, 3.8) is 0 Å². The van der Waals surface area contributed by atoms with Gasteiger partial charge in [0, 0.05) is 42.1 Å². The standard InChI is InChI=1S/C21H22Cl3N3O2/c1-13(2)21(29)27-9-7-26(8-10-27)19-6-4-15(23)12-18(19)25-20(28)16-5-3-14(22)11-17(16)24/h3-6,11-13H,7-10H2,1-2H3,(H,25,28). The maximum absolute atomic E-state index is 12.8. The number of carbonyl (C=O) groups excluding carboxylic acids is 2. The highest BCUT2D eigenvalue weighted by molar-refractivity contribution is 6.37. The van der Waals surface area contributed by atoms with Crippen molar-refractivity contribution in [2.45, 2.75) is 13.8 Å². The molecule has 0 saturated carbocycles.